The molecule has 1 fully saturated rings. The summed E-state index contributed by atoms with van der Waals surface area (Å²) in [5.41, 5.74) is 4.17. The molecule has 22 heavy (non-hydrogen) atoms. The van der Waals surface area contributed by atoms with Crippen LogP contribution in [-0.4, -0.2) is 31.1 Å². The van der Waals surface area contributed by atoms with Crippen molar-refractivity contribution in [2.75, 3.05) is 26.2 Å². The number of hydrogen-bond acceptors (Lipinski definition) is 3. The first-order valence-corrected chi connectivity index (χ1v) is 9.10. The molecule has 1 saturated heterocycles. The smallest absolute Gasteiger partial charge is 0.0697 e. The Kier molecular flexibility index (Phi) is 4.97. The zero-order chi connectivity index (χ0) is 15.5. The van der Waals surface area contributed by atoms with Crippen LogP contribution in [0.1, 0.15) is 39.4 Å². The van der Waals surface area contributed by atoms with Crippen molar-refractivity contribution in [2.45, 2.75) is 33.2 Å². The van der Waals surface area contributed by atoms with Gasteiger partial charge in [-0.25, -0.2) is 0 Å². The van der Waals surface area contributed by atoms with E-state index in [0.717, 1.165) is 32.6 Å². The van der Waals surface area contributed by atoms with Crippen molar-refractivity contribution in [1.82, 2.24) is 10.2 Å². The molecule has 118 valence electrons. The van der Waals surface area contributed by atoms with Crippen LogP contribution >= 0.6 is 11.3 Å². The van der Waals surface area contributed by atoms with Crippen molar-refractivity contribution in [3.05, 3.63) is 56.8 Å². The lowest BCUT2D eigenvalue weighted by Crippen LogP contribution is -2.45. The van der Waals surface area contributed by atoms with Gasteiger partial charge in [0.15, 0.2) is 0 Å². The lowest BCUT2D eigenvalue weighted by atomic mass is 9.98. The molecule has 1 N–H and O–H groups in total. The quantitative estimate of drug-likeness (QED) is 0.920. The van der Waals surface area contributed by atoms with E-state index in [1.165, 1.54) is 26.4 Å². The summed E-state index contributed by atoms with van der Waals surface area (Å²) < 4.78 is 0. The second-order valence-electron chi connectivity index (χ2n) is 6.27. The Labute approximate surface area is 138 Å². The third kappa shape index (κ3) is 3.43. The molecule has 2 aromatic rings. The van der Waals surface area contributed by atoms with Crippen LogP contribution in [0.5, 0.6) is 0 Å². The molecule has 0 spiro atoms. The summed E-state index contributed by atoms with van der Waals surface area (Å²) in [6.07, 6.45) is 1.13. The summed E-state index contributed by atoms with van der Waals surface area (Å²) in [4.78, 5) is 5.61. The van der Waals surface area contributed by atoms with Gasteiger partial charge in [0.05, 0.1) is 6.04 Å². The number of nitrogens with one attached hydrogen (secondary N) is 1. The van der Waals surface area contributed by atoms with E-state index in [1.54, 1.807) is 0 Å². The normalized spacial score (nSPS) is 17.6. The van der Waals surface area contributed by atoms with Crippen LogP contribution in [0.15, 0.2) is 30.3 Å². The number of thiophene rings is 1. The molecule has 0 radical (unpaired) electrons. The third-order valence-corrected chi connectivity index (χ3v) is 5.66. The Hall–Kier alpha value is -1.16. The van der Waals surface area contributed by atoms with Gasteiger partial charge in [0.25, 0.3) is 0 Å². The van der Waals surface area contributed by atoms with Gasteiger partial charge in [0.2, 0.25) is 0 Å². The van der Waals surface area contributed by atoms with Gasteiger partial charge in [-0.3, -0.25) is 4.90 Å². The molecule has 1 aromatic heterocycles. The fourth-order valence-corrected chi connectivity index (χ4v) is 4.51. The SMILES string of the molecule is CCc1ccc(C(c2cc(C)cc(C)c2)N2CCNCC2)s1. The molecule has 1 unspecified atom stereocenters. The van der Waals surface area contributed by atoms with E-state index in [2.05, 4.69) is 61.3 Å². The van der Waals surface area contributed by atoms with Gasteiger partial charge in [0.1, 0.15) is 0 Å². The second kappa shape index (κ2) is 6.95. The van der Waals surface area contributed by atoms with Crippen LogP contribution in [0.2, 0.25) is 0 Å². The maximum Gasteiger partial charge on any atom is 0.0697 e. The Morgan fingerprint density at radius 2 is 1.77 bits per heavy atom. The van der Waals surface area contributed by atoms with Gasteiger partial charge < -0.3 is 5.32 Å². The van der Waals surface area contributed by atoms with Gasteiger partial charge in [-0.2, -0.15) is 0 Å². The predicted octanol–water partition coefficient (Wildman–Crippen LogP) is 3.92. The highest BCUT2D eigenvalue weighted by Crippen LogP contribution is 2.34. The predicted molar refractivity (Wildman–Crippen MR) is 95.9 cm³/mol. The Bertz CT molecular complexity index is 606. The van der Waals surface area contributed by atoms with Crippen molar-refractivity contribution in [3.8, 4) is 0 Å². The number of rotatable bonds is 4. The molecule has 0 bridgehead atoms. The fourth-order valence-electron chi connectivity index (χ4n) is 3.39. The summed E-state index contributed by atoms with van der Waals surface area (Å²) >= 11 is 1.98. The van der Waals surface area contributed by atoms with Gasteiger partial charge in [-0.05, 0) is 38.0 Å². The Morgan fingerprint density at radius 3 is 2.36 bits per heavy atom. The van der Waals surface area contributed by atoms with Crippen LogP contribution in [0.4, 0.5) is 0 Å². The molecular weight excluding hydrogens is 288 g/mol. The summed E-state index contributed by atoms with van der Waals surface area (Å²) in [6, 6.07) is 12.1. The number of nitrogens with zero attached hydrogens (tertiary/aromatic N) is 1. The Balaban J connectivity index is 2.01. The highest BCUT2D eigenvalue weighted by molar-refractivity contribution is 7.12. The van der Waals surface area contributed by atoms with Gasteiger partial charge in [-0.1, -0.05) is 36.2 Å². The molecular formula is C19H26N2S. The Morgan fingerprint density at radius 1 is 1.09 bits per heavy atom. The van der Waals surface area contributed by atoms with Crippen molar-refractivity contribution in [3.63, 3.8) is 0 Å². The molecule has 3 heteroatoms. The van der Waals surface area contributed by atoms with E-state index < -0.39 is 0 Å². The van der Waals surface area contributed by atoms with Crippen molar-refractivity contribution in [1.29, 1.82) is 0 Å². The molecule has 2 nitrogen and oxygen atoms in total. The average molecular weight is 314 g/mol. The molecule has 2 heterocycles. The maximum atomic E-state index is 3.47. The van der Waals surface area contributed by atoms with Crippen LogP contribution in [-0.2, 0) is 6.42 Å². The second-order valence-corrected chi connectivity index (χ2v) is 7.47. The zero-order valence-corrected chi connectivity index (χ0v) is 14.7. The first-order valence-electron chi connectivity index (χ1n) is 8.29. The van der Waals surface area contributed by atoms with E-state index in [0.29, 0.717) is 6.04 Å². The summed E-state index contributed by atoms with van der Waals surface area (Å²) in [6.45, 7) is 11.1. The van der Waals surface area contributed by atoms with Crippen molar-refractivity contribution < 1.29 is 0 Å². The maximum absolute atomic E-state index is 3.47. The van der Waals surface area contributed by atoms with E-state index in [4.69, 9.17) is 0 Å². The number of benzene rings is 1. The molecule has 1 aliphatic heterocycles. The highest BCUT2D eigenvalue weighted by atomic mass is 32.1. The van der Waals surface area contributed by atoms with E-state index in [1.807, 2.05) is 11.3 Å². The van der Waals surface area contributed by atoms with E-state index in [-0.39, 0.29) is 0 Å². The first kappa shape index (κ1) is 15.7. The summed E-state index contributed by atoms with van der Waals surface area (Å²) in [5.74, 6) is 0. The van der Waals surface area contributed by atoms with E-state index in [9.17, 15) is 0 Å². The molecule has 0 amide bonds. The standard InChI is InChI=1S/C19H26N2S/c1-4-17-5-6-18(22-17)19(21-9-7-20-8-10-21)16-12-14(2)11-15(3)13-16/h5-6,11-13,19-20H,4,7-10H2,1-3H3. The molecule has 1 aromatic carbocycles. The topological polar surface area (TPSA) is 15.3 Å². The molecule has 0 saturated carbocycles. The lowest BCUT2D eigenvalue weighted by molar-refractivity contribution is 0.200. The third-order valence-electron chi connectivity index (χ3n) is 4.38. The van der Waals surface area contributed by atoms with E-state index >= 15 is 0 Å². The summed E-state index contributed by atoms with van der Waals surface area (Å²) in [7, 11) is 0. The lowest BCUT2D eigenvalue weighted by Gasteiger charge is -2.35. The number of piperazine rings is 1. The largest absolute Gasteiger partial charge is 0.314 e. The molecule has 1 atom stereocenters. The molecule has 3 rings (SSSR count). The van der Waals surface area contributed by atoms with Crippen molar-refractivity contribution in [2.24, 2.45) is 0 Å². The number of hydrogen-bond donors (Lipinski definition) is 1. The van der Waals surface area contributed by atoms with Gasteiger partial charge in [0, 0.05) is 35.9 Å². The van der Waals surface area contributed by atoms with Crippen LogP contribution in [0.25, 0.3) is 0 Å². The number of aryl methyl sites for hydroxylation is 3. The molecule has 0 aliphatic carbocycles. The average Bonchev–Trinajstić information content (AvgIpc) is 2.96. The van der Waals surface area contributed by atoms with Crippen LogP contribution in [0.3, 0.4) is 0 Å². The highest BCUT2D eigenvalue weighted by Gasteiger charge is 2.25. The molecule has 1 aliphatic rings. The summed E-state index contributed by atoms with van der Waals surface area (Å²) in [5, 5.41) is 3.47. The first-order chi connectivity index (χ1) is 10.7. The van der Waals surface area contributed by atoms with Gasteiger partial charge in [-0.15, -0.1) is 11.3 Å². The van der Waals surface area contributed by atoms with Gasteiger partial charge >= 0.3 is 0 Å². The minimum Gasteiger partial charge on any atom is -0.314 e. The zero-order valence-electron chi connectivity index (χ0n) is 13.9. The monoisotopic (exact) mass is 314 g/mol. The van der Waals surface area contributed by atoms with Crippen LogP contribution < -0.4 is 5.32 Å². The minimum atomic E-state index is 0.408. The fraction of sp³-hybridized carbons (Fsp3) is 0.474. The van der Waals surface area contributed by atoms with Crippen molar-refractivity contribution >= 4 is 11.3 Å². The minimum absolute atomic E-state index is 0.408. The van der Waals surface area contributed by atoms with Crippen LogP contribution in [0, 0.1) is 13.8 Å².